The third-order valence-corrected chi connectivity index (χ3v) is 4.13. The first kappa shape index (κ1) is 15.4. The van der Waals surface area contributed by atoms with Gasteiger partial charge in [-0.1, -0.05) is 0 Å². The minimum absolute atomic E-state index is 0.0525. The van der Waals surface area contributed by atoms with E-state index in [9.17, 15) is 8.42 Å². The van der Waals surface area contributed by atoms with Crippen LogP contribution in [0.5, 0.6) is 5.75 Å². The Balaban J connectivity index is 2.26. The maximum atomic E-state index is 11.4. The van der Waals surface area contributed by atoms with E-state index >= 15 is 0 Å². The molecule has 2 rings (SSSR count). The molecule has 0 aliphatic rings. The second-order valence-electron chi connectivity index (χ2n) is 4.55. The second-order valence-corrected chi connectivity index (χ2v) is 6.11. The largest absolute Gasteiger partial charge is 0.495 e. The lowest BCUT2D eigenvalue weighted by Crippen LogP contribution is -2.13. The molecular formula is C14H19N3O3S. The summed E-state index contributed by atoms with van der Waals surface area (Å²) < 4.78 is 30.2. The number of nitrogens with two attached hydrogens (primary N) is 1. The molecule has 0 aliphatic carbocycles. The van der Waals surface area contributed by atoms with Crippen molar-refractivity contribution in [3.8, 4) is 5.75 Å². The van der Waals surface area contributed by atoms with Crippen LogP contribution < -0.4 is 15.2 Å². The van der Waals surface area contributed by atoms with Gasteiger partial charge in [0.15, 0.2) is 0 Å². The lowest BCUT2D eigenvalue weighted by molar-refractivity contribution is 0.416. The number of nitrogens with one attached hydrogen (secondary N) is 1. The normalized spacial score (nSPS) is 11.4. The SMILES string of the molecule is CCn1cccc1CNc1cc(S(N)(=O)=O)ccc1OC. The zero-order chi connectivity index (χ0) is 15.5. The van der Waals surface area contributed by atoms with Crippen molar-refractivity contribution in [2.45, 2.75) is 24.9 Å². The van der Waals surface area contributed by atoms with Gasteiger partial charge in [0.2, 0.25) is 10.0 Å². The van der Waals surface area contributed by atoms with Gasteiger partial charge in [-0.15, -0.1) is 0 Å². The van der Waals surface area contributed by atoms with E-state index in [1.54, 1.807) is 6.07 Å². The molecule has 0 bridgehead atoms. The first-order valence-electron chi connectivity index (χ1n) is 6.54. The molecule has 0 radical (unpaired) electrons. The van der Waals surface area contributed by atoms with Gasteiger partial charge in [-0.2, -0.15) is 0 Å². The van der Waals surface area contributed by atoms with Gasteiger partial charge in [-0.05, 0) is 37.3 Å². The molecule has 7 heteroatoms. The van der Waals surface area contributed by atoms with Crippen LogP contribution in [-0.2, 0) is 23.1 Å². The van der Waals surface area contributed by atoms with Crippen LogP contribution in [-0.4, -0.2) is 20.1 Å². The maximum Gasteiger partial charge on any atom is 0.238 e. The highest BCUT2D eigenvalue weighted by Gasteiger charge is 2.12. The number of sulfonamides is 1. The summed E-state index contributed by atoms with van der Waals surface area (Å²) in [6, 6.07) is 8.47. The van der Waals surface area contributed by atoms with Crippen molar-refractivity contribution in [2.75, 3.05) is 12.4 Å². The molecule has 1 aromatic carbocycles. The van der Waals surface area contributed by atoms with Crippen LogP contribution in [0.25, 0.3) is 0 Å². The Bertz CT molecular complexity index is 723. The predicted octanol–water partition coefficient (Wildman–Crippen LogP) is 1.78. The number of aryl methyl sites for hydroxylation is 1. The number of nitrogens with zero attached hydrogens (tertiary/aromatic N) is 1. The number of hydrogen-bond acceptors (Lipinski definition) is 4. The summed E-state index contributed by atoms with van der Waals surface area (Å²) in [4.78, 5) is 0.0525. The number of primary sulfonamides is 1. The highest BCUT2D eigenvalue weighted by molar-refractivity contribution is 7.89. The molecule has 3 N–H and O–H groups in total. The molecule has 2 aromatic rings. The fourth-order valence-electron chi connectivity index (χ4n) is 2.11. The van der Waals surface area contributed by atoms with E-state index in [0.29, 0.717) is 18.0 Å². The van der Waals surface area contributed by atoms with E-state index in [0.717, 1.165) is 12.2 Å². The molecule has 0 saturated carbocycles. The number of hydrogen-bond donors (Lipinski definition) is 2. The molecule has 0 aliphatic heterocycles. The van der Waals surface area contributed by atoms with Gasteiger partial charge in [0.25, 0.3) is 0 Å². The van der Waals surface area contributed by atoms with Crippen LogP contribution in [0.3, 0.4) is 0 Å². The van der Waals surface area contributed by atoms with Gasteiger partial charge in [0, 0.05) is 18.4 Å². The van der Waals surface area contributed by atoms with Crippen molar-refractivity contribution in [1.29, 1.82) is 0 Å². The summed E-state index contributed by atoms with van der Waals surface area (Å²) in [5.41, 5.74) is 1.69. The predicted molar refractivity (Wildman–Crippen MR) is 81.8 cm³/mol. The standard InChI is InChI=1S/C14H19N3O3S/c1-3-17-8-4-5-11(17)10-16-13-9-12(21(15,18)19)6-7-14(13)20-2/h4-9,16H,3,10H2,1-2H3,(H2,15,18,19). The zero-order valence-electron chi connectivity index (χ0n) is 12.0. The van der Waals surface area contributed by atoms with Gasteiger partial charge in [0.1, 0.15) is 5.75 Å². The lowest BCUT2D eigenvalue weighted by Gasteiger charge is -2.13. The quantitative estimate of drug-likeness (QED) is 0.851. The first-order valence-corrected chi connectivity index (χ1v) is 8.09. The fourth-order valence-corrected chi connectivity index (χ4v) is 2.65. The molecule has 0 saturated heterocycles. The van der Waals surface area contributed by atoms with Crippen molar-refractivity contribution in [2.24, 2.45) is 5.14 Å². The summed E-state index contributed by atoms with van der Waals surface area (Å²) in [5, 5.41) is 8.34. The molecule has 21 heavy (non-hydrogen) atoms. The van der Waals surface area contributed by atoms with Crippen LogP contribution in [0, 0.1) is 0 Å². The van der Waals surface area contributed by atoms with E-state index in [4.69, 9.17) is 9.88 Å². The van der Waals surface area contributed by atoms with E-state index in [1.807, 2.05) is 18.3 Å². The summed E-state index contributed by atoms with van der Waals surface area (Å²) in [6.07, 6.45) is 2.00. The maximum absolute atomic E-state index is 11.4. The highest BCUT2D eigenvalue weighted by atomic mass is 32.2. The van der Waals surface area contributed by atoms with Crippen LogP contribution in [0.1, 0.15) is 12.6 Å². The van der Waals surface area contributed by atoms with Gasteiger partial charge in [-0.25, -0.2) is 13.6 Å². The Hall–Kier alpha value is -1.99. The Morgan fingerprint density at radius 2 is 2.10 bits per heavy atom. The Kier molecular flexibility index (Phi) is 4.54. The van der Waals surface area contributed by atoms with Crippen LogP contribution in [0.15, 0.2) is 41.4 Å². The minimum atomic E-state index is -3.74. The summed E-state index contributed by atoms with van der Waals surface area (Å²) in [6.45, 7) is 3.50. The second kappa shape index (κ2) is 6.19. The minimum Gasteiger partial charge on any atom is -0.495 e. The Morgan fingerprint density at radius 3 is 2.71 bits per heavy atom. The van der Waals surface area contributed by atoms with Crippen molar-refractivity contribution < 1.29 is 13.2 Å². The molecule has 0 unspecified atom stereocenters. The third kappa shape index (κ3) is 3.56. The van der Waals surface area contributed by atoms with Crippen molar-refractivity contribution in [3.63, 3.8) is 0 Å². The topological polar surface area (TPSA) is 86.4 Å². The van der Waals surface area contributed by atoms with Crippen molar-refractivity contribution in [1.82, 2.24) is 4.57 Å². The molecule has 6 nitrogen and oxygen atoms in total. The van der Waals surface area contributed by atoms with E-state index in [1.165, 1.54) is 19.2 Å². The number of aromatic nitrogens is 1. The molecule has 0 amide bonds. The Labute approximate surface area is 124 Å². The Morgan fingerprint density at radius 1 is 1.33 bits per heavy atom. The molecule has 114 valence electrons. The molecule has 0 fully saturated rings. The summed E-state index contributed by atoms with van der Waals surface area (Å²) >= 11 is 0. The van der Waals surface area contributed by atoms with Crippen LogP contribution in [0.2, 0.25) is 0 Å². The smallest absolute Gasteiger partial charge is 0.238 e. The number of ether oxygens (including phenoxy) is 1. The lowest BCUT2D eigenvalue weighted by atomic mass is 10.3. The van der Waals surface area contributed by atoms with Crippen molar-refractivity contribution >= 4 is 15.7 Å². The average Bonchev–Trinajstić information content (AvgIpc) is 2.91. The highest BCUT2D eigenvalue weighted by Crippen LogP contribution is 2.27. The van der Waals surface area contributed by atoms with E-state index in [-0.39, 0.29) is 4.90 Å². The van der Waals surface area contributed by atoms with E-state index < -0.39 is 10.0 Å². The molecule has 0 atom stereocenters. The van der Waals surface area contributed by atoms with Gasteiger partial charge >= 0.3 is 0 Å². The number of anilines is 1. The number of benzene rings is 1. The van der Waals surface area contributed by atoms with Gasteiger partial charge in [0.05, 0.1) is 24.2 Å². The van der Waals surface area contributed by atoms with Gasteiger partial charge < -0.3 is 14.6 Å². The number of rotatable bonds is 6. The molecule has 0 spiro atoms. The molecule has 1 aromatic heterocycles. The first-order chi connectivity index (χ1) is 9.95. The number of methoxy groups -OCH3 is 1. The van der Waals surface area contributed by atoms with Crippen LogP contribution in [0.4, 0.5) is 5.69 Å². The van der Waals surface area contributed by atoms with Crippen LogP contribution >= 0.6 is 0 Å². The fraction of sp³-hybridized carbons (Fsp3) is 0.286. The average molecular weight is 309 g/mol. The van der Waals surface area contributed by atoms with E-state index in [2.05, 4.69) is 16.8 Å². The van der Waals surface area contributed by atoms with Crippen molar-refractivity contribution in [3.05, 3.63) is 42.2 Å². The molecular weight excluding hydrogens is 290 g/mol. The van der Waals surface area contributed by atoms with Gasteiger partial charge in [-0.3, -0.25) is 0 Å². The zero-order valence-corrected chi connectivity index (χ0v) is 12.9. The third-order valence-electron chi connectivity index (χ3n) is 3.22. The summed E-state index contributed by atoms with van der Waals surface area (Å²) in [5.74, 6) is 0.567. The summed E-state index contributed by atoms with van der Waals surface area (Å²) in [7, 11) is -2.20. The monoisotopic (exact) mass is 309 g/mol. The molecule has 1 heterocycles.